The lowest BCUT2D eigenvalue weighted by Gasteiger charge is -2.25. The lowest BCUT2D eigenvalue weighted by atomic mass is 10.1. The molecule has 3 rings (SSSR count). The first-order valence-corrected chi connectivity index (χ1v) is 9.16. The lowest BCUT2D eigenvalue weighted by Crippen LogP contribution is -2.44. The number of ether oxygens (including phenoxy) is 1. The molecule has 7 heteroatoms. The minimum atomic E-state index is -0.517. The summed E-state index contributed by atoms with van der Waals surface area (Å²) in [6, 6.07) is 5.19. The van der Waals surface area contributed by atoms with Gasteiger partial charge in [-0.25, -0.2) is 4.79 Å². The number of anilines is 1. The van der Waals surface area contributed by atoms with Crippen molar-refractivity contribution in [2.45, 2.75) is 32.2 Å². The molecule has 0 aromatic heterocycles. The first-order valence-electron chi connectivity index (χ1n) is 8.37. The molecule has 0 bridgehead atoms. The zero-order chi connectivity index (χ0) is 18.1. The third-order valence-corrected chi connectivity index (χ3v) is 5.83. The predicted molar refractivity (Wildman–Crippen MR) is 96.1 cm³/mol. The van der Waals surface area contributed by atoms with Crippen molar-refractivity contribution in [1.82, 2.24) is 4.90 Å². The van der Waals surface area contributed by atoms with Crippen molar-refractivity contribution in [3.05, 3.63) is 28.2 Å². The van der Waals surface area contributed by atoms with Crippen molar-refractivity contribution in [2.75, 3.05) is 25.1 Å². The second-order valence-electron chi connectivity index (χ2n) is 6.55. The third-order valence-electron chi connectivity index (χ3n) is 4.94. The number of halogens is 1. The van der Waals surface area contributed by atoms with Crippen LogP contribution in [-0.4, -0.2) is 48.9 Å². The Morgan fingerprint density at radius 2 is 2.08 bits per heavy atom. The minimum Gasteiger partial charge on any atom is -0.467 e. The van der Waals surface area contributed by atoms with Gasteiger partial charge in [0.15, 0.2) is 0 Å². The lowest BCUT2D eigenvalue weighted by molar-refractivity contribution is -0.152. The minimum absolute atomic E-state index is 0.0612. The van der Waals surface area contributed by atoms with Gasteiger partial charge in [-0.15, -0.1) is 0 Å². The summed E-state index contributed by atoms with van der Waals surface area (Å²) in [5.41, 5.74) is 1.83. The van der Waals surface area contributed by atoms with E-state index >= 15 is 0 Å². The molecule has 2 aliphatic rings. The number of hydrogen-bond donors (Lipinski definition) is 0. The van der Waals surface area contributed by atoms with Gasteiger partial charge < -0.3 is 14.5 Å². The molecule has 134 valence electrons. The number of carbonyl (C=O) groups excluding carboxylic acids is 3. The highest BCUT2D eigenvalue weighted by atomic mass is 79.9. The highest BCUT2D eigenvalue weighted by Gasteiger charge is 2.42. The summed E-state index contributed by atoms with van der Waals surface area (Å²) in [4.78, 5) is 40.4. The van der Waals surface area contributed by atoms with E-state index in [0.717, 1.165) is 22.1 Å². The highest BCUT2D eigenvalue weighted by Crippen LogP contribution is 2.31. The summed E-state index contributed by atoms with van der Waals surface area (Å²) in [6.07, 6.45) is 1.58. The van der Waals surface area contributed by atoms with Gasteiger partial charge in [-0.1, -0.05) is 15.9 Å². The van der Waals surface area contributed by atoms with Gasteiger partial charge in [0.25, 0.3) is 0 Å². The molecule has 0 radical (unpaired) electrons. The van der Waals surface area contributed by atoms with Gasteiger partial charge in [0, 0.05) is 29.7 Å². The van der Waals surface area contributed by atoms with Crippen molar-refractivity contribution in [2.24, 2.45) is 5.92 Å². The number of amides is 2. The molecule has 2 aliphatic heterocycles. The second kappa shape index (κ2) is 7.15. The van der Waals surface area contributed by atoms with E-state index < -0.39 is 12.0 Å². The number of rotatable bonds is 3. The number of nitrogens with zero attached hydrogens (tertiary/aromatic N) is 2. The van der Waals surface area contributed by atoms with Gasteiger partial charge in [-0.3, -0.25) is 9.59 Å². The molecule has 2 fully saturated rings. The van der Waals surface area contributed by atoms with E-state index in [-0.39, 0.29) is 24.2 Å². The van der Waals surface area contributed by atoms with Crippen molar-refractivity contribution < 1.29 is 19.1 Å². The number of carbonyl (C=O) groups is 3. The fraction of sp³-hybridized carbons (Fsp3) is 0.500. The molecule has 2 atom stereocenters. The Hall–Kier alpha value is -1.89. The number of benzene rings is 1. The summed E-state index contributed by atoms with van der Waals surface area (Å²) in [5.74, 6) is -0.983. The van der Waals surface area contributed by atoms with Crippen LogP contribution in [0.2, 0.25) is 0 Å². The molecular formula is C18H21BrN2O4. The fourth-order valence-electron chi connectivity index (χ4n) is 3.57. The average molecular weight is 409 g/mol. The van der Waals surface area contributed by atoms with Crippen LogP contribution in [0, 0.1) is 12.8 Å². The normalized spacial score (nSPS) is 23.2. The summed E-state index contributed by atoms with van der Waals surface area (Å²) in [6.45, 7) is 2.85. The summed E-state index contributed by atoms with van der Waals surface area (Å²) < 4.78 is 5.78. The van der Waals surface area contributed by atoms with Crippen molar-refractivity contribution in [3.63, 3.8) is 0 Å². The van der Waals surface area contributed by atoms with Crippen LogP contribution < -0.4 is 4.90 Å². The monoisotopic (exact) mass is 408 g/mol. The fourth-order valence-corrected chi connectivity index (χ4v) is 3.81. The van der Waals surface area contributed by atoms with E-state index in [0.29, 0.717) is 19.5 Å². The summed E-state index contributed by atoms with van der Waals surface area (Å²) in [5, 5.41) is 0. The van der Waals surface area contributed by atoms with Crippen LogP contribution >= 0.6 is 15.9 Å². The first-order chi connectivity index (χ1) is 11.9. The second-order valence-corrected chi connectivity index (χ2v) is 7.41. The Morgan fingerprint density at radius 1 is 1.32 bits per heavy atom. The Kier molecular flexibility index (Phi) is 5.13. The predicted octanol–water partition coefficient (Wildman–Crippen LogP) is 2.27. The summed E-state index contributed by atoms with van der Waals surface area (Å²) in [7, 11) is 1.33. The van der Waals surface area contributed by atoms with Gasteiger partial charge in [-0.05, 0) is 43.5 Å². The number of esters is 1. The van der Waals surface area contributed by atoms with E-state index in [1.807, 2.05) is 25.1 Å². The number of likely N-dealkylation sites (tertiary alicyclic amines) is 1. The SMILES string of the molecule is COC(=O)C1CCCN1C(=O)C1CC(=O)N(c2ccc(Br)c(C)c2)C1. The largest absolute Gasteiger partial charge is 0.467 e. The maximum atomic E-state index is 12.9. The molecular weight excluding hydrogens is 388 g/mol. The molecule has 2 heterocycles. The van der Waals surface area contributed by atoms with Gasteiger partial charge in [0.05, 0.1) is 13.0 Å². The molecule has 0 saturated carbocycles. The molecule has 1 aromatic rings. The van der Waals surface area contributed by atoms with E-state index in [1.54, 1.807) is 9.80 Å². The molecule has 2 amide bonds. The van der Waals surface area contributed by atoms with Crippen LogP contribution in [0.1, 0.15) is 24.8 Å². The molecule has 2 unspecified atom stereocenters. The smallest absolute Gasteiger partial charge is 0.328 e. The number of hydrogen-bond acceptors (Lipinski definition) is 4. The molecule has 0 aliphatic carbocycles. The van der Waals surface area contributed by atoms with Gasteiger partial charge >= 0.3 is 5.97 Å². The zero-order valence-electron chi connectivity index (χ0n) is 14.3. The Balaban J connectivity index is 1.74. The van der Waals surface area contributed by atoms with E-state index in [1.165, 1.54) is 7.11 Å². The van der Waals surface area contributed by atoms with Crippen LogP contribution in [-0.2, 0) is 19.1 Å². The van der Waals surface area contributed by atoms with Gasteiger partial charge in [0.2, 0.25) is 11.8 Å². The van der Waals surface area contributed by atoms with Crippen LogP contribution in [0.15, 0.2) is 22.7 Å². The van der Waals surface area contributed by atoms with Crippen LogP contribution in [0.4, 0.5) is 5.69 Å². The molecule has 0 spiro atoms. The Bertz CT molecular complexity index is 721. The van der Waals surface area contributed by atoms with Crippen LogP contribution in [0.5, 0.6) is 0 Å². The van der Waals surface area contributed by atoms with Crippen molar-refractivity contribution in [1.29, 1.82) is 0 Å². The molecule has 1 aromatic carbocycles. The Morgan fingerprint density at radius 3 is 2.76 bits per heavy atom. The van der Waals surface area contributed by atoms with E-state index in [4.69, 9.17) is 4.74 Å². The van der Waals surface area contributed by atoms with Crippen molar-refractivity contribution in [3.8, 4) is 0 Å². The van der Waals surface area contributed by atoms with Crippen LogP contribution in [0.3, 0.4) is 0 Å². The zero-order valence-corrected chi connectivity index (χ0v) is 15.9. The first kappa shape index (κ1) is 17.9. The molecule has 0 N–H and O–H groups in total. The topological polar surface area (TPSA) is 66.9 Å². The Labute approximate surface area is 155 Å². The maximum Gasteiger partial charge on any atom is 0.328 e. The molecule has 6 nitrogen and oxygen atoms in total. The number of methoxy groups -OCH3 is 1. The van der Waals surface area contributed by atoms with Gasteiger partial charge in [-0.2, -0.15) is 0 Å². The summed E-state index contributed by atoms with van der Waals surface area (Å²) >= 11 is 3.45. The quantitative estimate of drug-likeness (QED) is 0.719. The average Bonchev–Trinajstić information content (AvgIpc) is 3.23. The molecule has 25 heavy (non-hydrogen) atoms. The van der Waals surface area contributed by atoms with Gasteiger partial charge in [0.1, 0.15) is 6.04 Å². The molecule has 2 saturated heterocycles. The van der Waals surface area contributed by atoms with Crippen molar-refractivity contribution >= 4 is 39.4 Å². The van der Waals surface area contributed by atoms with E-state index in [9.17, 15) is 14.4 Å². The maximum absolute atomic E-state index is 12.9. The number of aryl methyl sites for hydroxylation is 1. The van der Waals surface area contributed by atoms with E-state index in [2.05, 4.69) is 15.9 Å². The highest BCUT2D eigenvalue weighted by molar-refractivity contribution is 9.10. The standard InChI is InChI=1S/C18H21BrN2O4/c1-11-8-13(5-6-14(11)19)21-10-12(9-16(21)22)17(23)20-7-3-4-15(20)18(24)25-2/h5-6,8,12,15H,3-4,7,9-10H2,1-2H3. The third kappa shape index (κ3) is 3.42. The van der Waals surface area contributed by atoms with Crippen LogP contribution in [0.25, 0.3) is 0 Å².